The zero-order valence-corrected chi connectivity index (χ0v) is 21.1. The minimum absolute atomic E-state index is 0.0890. The molecule has 7 heteroatoms. The Bertz CT molecular complexity index is 1270. The molecule has 0 atom stereocenters. The van der Waals surface area contributed by atoms with E-state index in [1.807, 2.05) is 47.4 Å². The van der Waals surface area contributed by atoms with E-state index in [-0.39, 0.29) is 5.91 Å². The Morgan fingerprint density at radius 2 is 1.76 bits per heavy atom. The Morgan fingerprint density at radius 3 is 2.42 bits per heavy atom. The number of ether oxygens (including phenoxy) is 1. The van der Waals surface area contributed by atoms with Gasteiger partial charge in [-0.2, -0.15) is 0 Å². The molecule has 4 aromatic rings. The molecule has 0 N–H and O–H groups in total. The maximum Gasteiger partial charge on any atom is 0.263 e. The molecule has 0 saturated heterocycles. The highest BCUT2D eigenvalue weighted by Crippen LogP contribution is 2.34. The minimum Gasteiger partial charge on any atom is -0.496 e. The molecule has 4 rings (SSSR count). The molecule has 1 aromatic heterocycles. The maximum atomic E-state index is 13.9. The molecule has 0 saturated carbocycles. The van der Waals surface area contributed by atoms with E-state index in [0.717, 1.165) is 45.8 Å². The monoisotopic (exact) mass is 479 g/mol. The van der Waals surface area contributed by atoms with Crippen molar-refractivity contribution in [1.29, 1.82) is 0 Å². The number of thioether (sulfide) groups is 1. The number of aromatic nitrogens is 1. The molecule has 3 aromatic carbocycles. The Hall–Kier alpha value is -2.61. The fourth-order valence-corrected chi connectivity index (χ4v) is 5.44. The Kier molecular flexibility index (Phi) is 7.53. The summed E-state index contributed by atoms with van der Waals surface area (Å²) in [5.74, 6) is 0.492. The number of nitrogens with zero attached hydrogens (tertiary/aromatic N) is 3. The van der Waals surface area contributed by atoms with E-state index in [1.54, 1.807) is 30.2 Å². The van der Waals surface area contributed by atoms with Gasteiger partial charge in [0, 0.05) is 18.0 Å². The minimum atomic E-state index is -0.0890. The molecular formula is C26H29N3O2S2. The van der Waals surface area contributed by atoms with Crippen LogP contribution >= 0.6 is 23.1 Å². The summed E-state index contributed by atoms with van der Waals surface area (Å²) in [6.45, 7) is 7.50. The molecule has 0 fully saturated rings. The number of carbonyl (C=O) groups is 1. The standard InChI is InChI=1S/C26H29N3O2S2/c1-5-28(6-2)13-14-29(26-27-22-12-11-20(32-4)17-24(22)33-26)25(30)21-15-18-9-7-8-10-19(18)16-23(21)31-3/h7-12,15-17H,5-6,13-14H2,1-4H3. The second kappa shape index (κ2) is 10.5. The summed E-state index contributed by atoms with van der Waals surface area (Å²) in [7, 11) is 1.61. The third kappa shape index (κ3) is 5.00. The van der Waals surface area contributed by atoms with Crippen molar-refractivity contribution in [2.45, 2.75) is 18.7 Å². The predicted molar refractivity (Wildman–Crippen MR) is 141 cm³/mol. The molecule has 0 bridgehead atoms. The number of likely N-dealkylation sites (N-methyl/N-ethyl adjacent to an activating group) is 1. The van der Waals surface area contributed by atoms with Crippen LogP contribution in [0.4, 0.5) is 5.13 Å². The lowest BCUT2D eigenvalue weighted by molar-refractivity contribution is 0.0981. The first-order chi connectivity index (χ1) is 16.1. The maximum absolute atomic E-state index is 13.9. The predicted octanol–water partition coefficient (Wildman–Crippen LogP) is 6.17. The van der Waals surface area contributed by atoms with Gasteiger partial charge in [0.1, 0.15) is 5.75 Å². The number of rotatable bonds is 9. The second-order valence-electron chi connectivity index (χ2n) is 7.71. The van der Waals surface area contributed by atoms with Crippen molar-refractivity contribution in [2.75, 3.05) is 44.4 Å². The van der Waals surface area contributed by atoms with E-state index in [2.05, 4.69) is 37.1 Å². The van der Waals surface area contributed by atoms with E-state index in [1.165, 1.54) is 4.90 Å². The number of thiazole rings is 1. The zero-order valence-electron chi connectivity index (χ0n) is 19.5. The van der Waals surface area contributed by atoms with Crippen LogP contribution < -0.4 is 9.64 Å². The molecule has 0 aliphatic rings. The first-order valence-corrected chi connectivity index (χ1v) is 13.2. The average molecular weight is 480 g/mol. The Labute approximate surface area is 203 Å². The van der Waals surface area contributed by atoms with Gasteiger partial charge >= 0.3 is 0 Å². The van der Waals surface area contributed by atoms with Crippen LogP contribution in [-0.2, 0) is 0 Å². The number of carbonyl (C=O) groups excluding carboxylic acids is 1. The number of hydrogen-bond acceptors (Lipinski definition) is 6. The summed E-state index contributed by atoms with van der Waals surface area (Å²) in [6, 6.07) is 18.1. The molecule has 33 heavy (non-hydrogen) atoms. The highest BCUT2D eigenvalue weighted by Gasteiger charge is 2.25. The molecule has 1 amide bonds. The van der Waals surface area contributed by atoms with Crippen molar-refractivity contribution in [3.63, 3.8) is 0 Å². The summed E-state index contributed by atoms with van der Waals surface area (Å²) in [5.41, 5.74) is 1.47. The molecule has 0 aliphatic heterocycles. The SMILES string of the molecule is CCN(CC)CCN(C(=O)c1cc2ccccc2cc1OC)c1nc2ccc(SC)cc2s1. The number of methoxy groups -OCH3 is 1. The molecule has 0 radical (unpaired) electrons. The van der Waals surface area contributed by atoms with Gasteiger partial charge in [0.05, 0.1) is 22.9 Å². The Morgan fingerprint density at radius 1 is 1.03 bits per heavy atom. The zero-order chi connectivity index (χ0) is 23.4. The first kappa shape index (κ1) is 23.5. The van der Waals surface area contributed by atoms with E-state index in [0.29, 0.717) is 17.9 Å². The summed E-state index contributed by atoms with van der Waals surface area (Å²) >= 11 is 3.27. The fourth-order valence-electron chi connectivity index (χ4n) is 3.90. The second-order valence-corrected chi connectivity index (χ2v) is 9.60. The van der Waals surface area contributed by atoms with Gasteiger partial charge in [-0.05, 0) is 60.4 Å². The van der Waals surface area contributed by atoms with Crippen molar-refractivity contribution in [3.8, 4) is 5.75 Å². The lowest BCUT2D eigenvalue weighted by atomic mass is 10.0. The summed E-state index contributed by atoms with van der Waals surface area (Å²) in [4.78, 5) is 24.1. The molecule has 0 unspecified atom stereocenters. The van der Waals surface area contributed by atoms with Gasteiger partial charge in [-0.1, -0.05) is 49.4 Å². The van der Waals surface area contributed by atoms with Crippen LogP contribution in [0.25, 0.3) is 21.0 Å². The van der Waals surface area contributed by atoms with Crippen molar-refractivity contribution in [2.24, 2.45) is 0 Å². The summed E-state index contributed by atoms with van der Waals surface area (Å²) < 4.78 is 6.73. The number of benzene rings is 3. The van der Waals surface area contributed by atoms with Gasteiger partial charge < -0.3 is 9.64 Å². The van der Waals surface area contributed by atoms with Crippen LogP contribution in [-0.4, -0.2) is 55.3 Å². The van der Waals surface area contributed by atoms with Crippen molar-refractivity contribution in [3.05, 3.63) is 60.2 Å². The number of anilines is 1. The van der Waals surface area contributed by atoms with Crippen LogP contribution in [0.2, 0.25) is 0 Å². The van der Waals surface area contributed by atoms with Gasteiger partial charge in [-0.3, -0.25) is 9.69 Å². The third-order valence-corrected chi connectivity index (χ3v) is 7.66. The Balaban J connectivity index is 1.77. The number of amides is 1. The lowest BCUT2D eigenvalue weighted by Crippen LogP contribution is -2.39. The van der Waals surface area contributed by atoms with Crippen molar-refractivity contribution < 1.29 is 9.53 Å². The molecule has 172 valence electrons. The van der Waals surface area contributed by atoms with Gasteiger partial charge in [0.15, 0.2) is 5.13 Å². The van der Waals surface area contributed by atoms with Crippen LogP contribution in [0.1, 0.15) is 24.2 Å². The van der Waals surface area contributed by atoms with Gasteiger partial charge in [0.25, 0.3) is 5.91 Å². The number of fused-ring (bicyclic) bond motifs is 2. The van der Waals surface area contributed by atoms with Crippen LogP contribution in [0.15, 0.2) is 59.5 Å². The van der Waals surface area contributed by atoms with Gasteiger partial charge in [-0.25, -0.2) is 4.98 Å². The lowest BCUT2D eigenvalue weighted by Gasteiger charge is -2.25. The molecule has 0 spiro atoms. The quantitative estimate of drug-likeness (QED) is 0.269. The topological polar surface area (TPSA) is 45.7 Å². The normalized spacial score (nSPS) is 11.4. The van der Waals surface area contributed by atoms with Gasteiger partial charge in [0.2, 0.25) is 0 Å². The van der Waals surface area contributed by atoms with Crippen LogP contribution in [0.5, 0.6) is 5.75 Å². The van der Waals surface area contributed by atoms with E-state index in [4.69, 9.17) is 9.72 Å². The molecule has 1 heterocycles. The summed E-state index contributed by atoms with van der Waals surface area (Å²) in [6.07, 6.45) is 2.06. The van der Waals surface area contributed by atoms with Crippen molar-refractivity contribution in [1.82, 2.24) is 9.88 Å². The molecular weight excluding hydrogens is 450 g/mol. The molecule has 5 nitrogen and oxygen atoms in total. The first-order valence-electron chi connectivity index (χ1n) is 11.1. The highest BCUT2D eigenvalue weighted by molar-refractivity contribution is 7.98. The average Bonchev–Trinajstić information content (AvgIpc) is 3.28. The smallest absolute Gasteiger partial charge is 0.263 e. The highest BCUT2D eigenvalue weighted by atomic mass is 32.2. The molecule has 0 aliphatic carbocycles. The third-order valence-electron chi connectivity index (χ3n) is 5.89. The fraction of sp³-hybridized carbons (Fsp3) is 0.308. The largest absolute Gasteiger partial charge is 0.496 e. The van der Waals surface area contributed by atoms with Crippen LogP contribution in [0, 0.1) is 0 Å². The van der Waals surface area contributed by atoms with E-state index >= 15 is 0 Å². The van der Waals surface area contributed by atoms with Crippen molar-refractivity contribution >= 4 is 55.1 Å². The summed E-state index contributed by atoms with van der Waals surface area (Å²) in [5, 5.41) is 2.78. The van der Waals surface area contributed by atoms with Gasteiger partial charge in [-0.15, -0.1) is 11.8 Å². The van der Waals surface area contributed by atoms with E-state index < -0.39 is 0 Å². The van der Waals surface area contributed by atoms with Crippen LogP contribution in [0.3, 0.4) is 0 Å². The van der Waals surface area contributed by atoms with E-state index in [9.17, 15) is 4.79 Å². The number of hydrogen-bond donors (Lipinski definition) is 0.